The average molecular weight is 241 g/mol. The molecule has 0 N–H and O–H groups in total. The van der Waals surface area contributed by atoms with E-state index in [1.165, 1.54) is 19.5 Å². The van der Waals surface area contributed by atoms with E-state index in [1.54, 1.807) is 0 Å². The molecule has 1 heterocycles. The third kappa shape index (κ3) is 1.69. The van der Waals surface area contributed by atoms with Gasteiger partial charge in [0, 0.05) is 5.39 Å². The van der Waals surface area contributed by atoms with Gasteiger partial charge in [0.15, 0.2) is 0 Å². The van der Waals surface area contributed by atoms with Crippen molar-refractivity contribution in [2.24, 2.45) is 0 Å². The first kappa shape index (κ1) is 10.8. The molecule has 0 saturated carbocycles. The molecule has 4 nitrogen and oxygen atoms in total. The average Bonchev–Trinajstić information content (AvgIpc) is 2.28. The molecular weight excluding hydrogens is 235 g/mol. The molecule has 2 rings (SSSR count). The van der Waals surface area contributed by atoms with Crippen LogP contribution in [0.4, 0.5) is 4.39 Å². The van der Waals surface area contributed by atoms with Crippen LogP contribution in [0, 0.1) is 5.82 Å². The van der Waals surface area contributed by atoms with Crippen LogP contribution in [0.25, 0.3) is 10.9 Å². The van der Waals surface area contributed by atoms with Crippen molar-refractivity contribution in [2.75, 3.05) is 7.11 Å². The molecule has 0 saturated heterocycles. The highest BCUT2D eigenvalue weighted by Crippen LogP contribution is 2.24. The summed E-state index contributed by atoms with van der Waals surface area (Å²) in [6.07, 6.45) is 1.20. The summed E-state index contributed by atoms with van der Waals surface area (Å²) in [4.78, 5) is 19.0. The predicted molar refractivity (Wildman–Crippen MR) is 55.8 cm³/mol. The molecule has 0 radical (unpaired) electrons. The van der Waals surface area contributed by atoms with Crippen LogP contribution < -0.4 is 0 Å². The Bertz CT molecular complexity index is 574. The lowest BCUT2D eigenvalue weighted by Crippen LogP contribution is -2.04. The summed E-state index contributed by atoms with van der Waals surface area (Å²) in [7, 11) is 1.21. The molecule has 2 aromatic rings. The number of hydrogen-bond acceptors (Lipinski definition) is 4. The highest BCUT2D eigenvalue weighted by molar-refractivity contribution is 6.34. The number of aromatic nitrogens is 2. The maximum Gasteiger partial charge on any atom is 0.340 e. The van der Waals surface area contributed by atoms with Gasteiger partial charge in [-0.2, -0.15) is 0 Å². The summed E-state index contributed by atoms with van der Waals surface area (Å²) < 4.78 is 17.8. The minimum absolute atomic E-state index is 0.0294. The fourth-order valence-corrected chi connectivity index (χ4v) is 1.56. The molecule has 0 aliphatic heterocycles. The SMILES string of the molecule is COC(=O)c1cc(F)cc2c(Cl)ncnc12. The van der Waals surface area contributed by atoms with Gasteiger partial charge in [-0.1, -0.05) is 11.6 Å². The Hall–Kier alpha value is -1.75. The highest BCUT2D eigenvalue weighted by Gasteiger charge is 2.15. The predicted octanol–water partition coefficient (Wildman–Crippen LogP) is 2.21. The fourth-order valence-electron chi connectivity index (χ4n) is 1.37. The Morgan fingerprint density at radius 1 is 1.44 bits per heavy atom. The van der Waals surface area contributed by atoms with Crippen molar-refractivity contribution in [1.29, 1.82) is 0 Å². The van der Waals surface area contributed by atoms with Crippen LogP contribution in [0.15, 0.2) is 18.5 Å². The number of benzene rings is 1. The van der Waals surface area contributed by atoms with E-state index in [1.807, 2.05) is 0 Å². The van der Waals surface area contributed by atoms with E-state index in [0.29, 0.717) is 0 Å². The molecule has 1 aromatic heterocycles. The van der Waals surface area contributed by atoms with E-state index in [0.717, 1.165) is 6.07 Å². The van der Waals surface area contributed by atoms with Gasteiger partial charge in [-0.05, 0) is 12.1 Å². The van der Waals surface area contributed by atoms with E-state index < -0.39 is 11.8 Å². The maximum absolute atomic E-state index is 13.3. The largest absolute Gasteiger partial charge is 0.465 e. The van der Waals surface area contributed by atoms with Gasteiger partial charge in [-0.3, -0.25) is 0 Å². The lowest BCUT2D eigenvalue weighted by Gasteiger charge is -2.04. The van der Waals surface area contributed by atoms with E-state index in [2.05, 4.69) is 14.7 Å². The van der Waals surface area contributed by atoms with Crippen LogP contribution in [0.2, 0.25) is 5.15 Å². The molecule has 0 aliphatic carbocycles. The first-order valence-corrected chi connectivity index (χ1v) is 4.69. The number of fused-ring (bicyclic) bond motifs is 1. The number of halogens is 2. The minimum Gasteiger partial charge on any atom is -0.465 e. The van der Waals surface area contributed by atoms with Crippen LogP contribution in [0.1, 0.15) is 10.4 Å². The smallest absolute Gasteiger partial charge is 0.340 e. The zero-order chi connectivity index (χ0) is 11.7. The number of carbonyl (C=O) groups is 1. The second-order valence-electron chi connectivity index (χ2n) is 3.01. The van der Waals surface area contributed by atoms with E-state index in [4.69, 9.17) is 11.6 Å². The molecule has 0 fully saturated rings. The minimum atomic E-state index is -0.667. The van der Waals surface area contributed by atoms with Gasteiger partial charge < -0.3 is 4.74 Å². The molecule has 1 aromatic carbocycles. The van der Waals surface area contributed by atoms with Crippen LogP contribution in [0.3, 0.4) is 0 Å². The van der Waals surface area contributed by atoms with Gasteiger partial charge in [0.05, 0.1) is 18.2 Å². The van der Waals surface area contributed by atoms with Crippen molar-refractivity contribution < 1.29 is 13.9 Å². The third-order valence-electron chi connectivity index (χ3n) is 2.06. The Labute approximate surface area is 95.0 Å². The Morgan fingerprint density at radius 3 is 2.88 bits per heavy atom. The summed E-state index contributed by atoms with van der Waals surface area (Å²) in [6.45, 7) is 0. The number of hydrogen-bond donors (Lipinski definition) is 0. The quantitative estimate of drug-likeness (QED) is 0.566. The molecule has 0 spiro atoms. The topological polar surface area (TPSA) is 52.1 Å². The molecule has 0 amide bonds. The molecule has 6 heteroatoms. The number of methoxy groups -OCH3 is 1. The van der Waals surface area contributed by atoms with Crippen LogP contribution >= 0.6 is 11.6 Å². The number of rotatable bonds is 1. The lowest BCUT2D eigenvalue weighted by atomic mass is 10.1. The second kappa shape index (κ2) is 4.02. The van der Waals surface area contributed by atoms with Crippen LogP contribution in [-0.4, -0.2) is 23.0 Å². The van der Waals surface area contributed by atoms with Gasteiger partial charge in [0.1, 0.15) is 17.3 Å². The first-order valence-electron chi connectivity index (χ1n) is 4.31. The van der Waals surface area contributed by atoms with Crippen molar-refractivity contribution in [3.05, 3.63) is 35.0 Å². The van der Waals surface area contributed by atoms with Gasteiger partial charge in [0.2, 0.25) is 0 Å². The van der Waals surface area contributed by atoms with Gasteiger partial charge >= 0.3 is 5.97 Å². The second-order valence-corrected chi connectivity index (χ2v) is 3.36. The van der Waals surface area contributed by atoms with Crippen molar-refractivity contribution in [2.45, 2.75) is 0 Å². The fraction of sp³-hybridized carbons (Fsp3) is 0.100. The highest BCUT2D eigenvalue weighted by atomic mass is 35.5. The number of nitrogens with zero attached hydrogens (tertiary/aromatic N) is 2. The van der Waals surface area contributed by atoms with Crippen molar-refractivity contribution in [1.82, 2.24) is 9.97 Å². The van der Waals surface area contributed by atoms with Crippen molar-refractivity contribution in [3.8, 4) is 0 Å². The van der Waals surface area contributed by atoms with E-state index in [-0.39, 0.29) is 21.6 Å². The third-order valence-corrected chi connectivity index (χ3v) is 2.36. The molecule has 0 atom stereocenters. The Morgan fingerprint density at radius 2 is 2.19 bits per heavy atom. The normalized spacial score (nSPS) is 10.4. The van der Waals surface area contributed by atoms with Crippen molar-refractivity contribution >= 4 is 28.5 Å². The van der Waals surface area contributed by atoms with Gasteiger partial charge in [0.25, 0.3) is 0 Å². The van der Waals surface area contributed by atoms with Crippen LogP contribution in [0.5, 0.6) is 0 Å². The number of carbonyl (C=O) groups excluding carboxylic acids is 1. The monoisotopic (exact) mass is 240 g/mol. The van der Waals surface area contributed by atoms with Crippen LogP contribution in [-0.2, 0) is 4.74 Å². The summed E-state index contributed by atoms with van der Waals surface area (Å²) >= 11 is 5.78. The Balaban J connectivity index is 2.83. The summed E-state index contributed by atoms with van der Waals surface area (Å²) in [5.74, 6) is -1.26. The van der Waals surface area contributed by atoms with Gasteiger partial charge in [-0.15, -0.1) is 0 Å². The van der Waals surface area contributed by atoms with E-state index in [9.17, 15) is 9.18 Å². The van der Waals surface area contributed by atoms with E-state index >= 15 is 0 Å². The molecule has 82 valence electrons. The summed E-state index contributed by atoms with van der Waals surface area (Å²) in [5.41, 5.74) is 0.301. The first-order chi connectivity index (χ1) is 7.63. The Kier molecular flexibility index (Phi) is 2.70. The molecular formula is C10H6ClFN2O2. The van der Waals surface area contributed by atoms with Gasteiger partial charge in [-0.25, -0.2) is 19.2 Å². The number of ether oxygens (including phenoxy) is 1. The molecule has 0 aliphatic rings. The summed E-state index contributed by atoms with van der Waals surface area (Å²) in [6, 6.07) is 2.22. The zero-order valence-corrected chi connectivity index (χ0v) is 8.95. The standard InChI is InChI=1S/C10H6ClFN2O2/c1-16-10(15)7-3-5(12)2-6-8(7)13-4-14-9(6)11/h2-4H,1H3. The number of esters is 1. The summed E-state index contributed by atoms with van der Waals surface area (Å²) in [5, 5.41) is 0.374. The lowest BCUT2D eigenvalue weighted by molar-refractivity contribution is 0.0602. The van der Waals surface area contributed by atoms with Crippen molar-refractivity contribution in [3.63, 3.8) is 0 Å². The zero-order valence-electron chi connectivity index (χ0n) is 8.20. The molecule has 16 heavy (non-hydrogen) atoms. The molecule has 0 bridgehead atoms. The maximum atomic E-state index is 13.3. The molecule has 0 unspecified atom stereocenters.